The monoisotopic (exact) mass is 391 g/mol. The number of nitrogens with zero attached hydrogens (tertiary/aromatic N) is 1. The van der Waals surface area contributed by atoms with E-state index >= 15 is 0 Å². The molecule has 3 nitrogen and oxygen atoms in total. The van der Waals surface area contributed by atoms with Crippen LogP contribution in [0.4, 0.5) is 4.39 Å². The lowest BCUT2D eigenvalue weighted by Gasteiger charge is -2.32. The van der Waals surface area contributed by atoms with Gasteiger partial charge in [-0.05, 0) is 48.7 Å². The molecular formula is C19H19BrFNO2. The first-order chi connectivity index (χ1) is 11.6. The zero-order chi connectivity index (χ0) is 16.9. The van der Waals surface area contributed by atoms with Crippen LogP contribution >= 0.6 is 15.9 Å². The number of hydrogen-bond acceptors (Lipinski definition) is 2. The Morgan fingerprint density at radius 1 is 1.25 bits per heavy atom. The minimum absolute atomic E-state index is 0.0138. The molecule has 0 radical (unpaired) electrons. The molecule has 1 fully saturated rings. The van der Waals surface area contributed by atoms with Crippen LogP contribution in [0.1, 0.15) is 28.8 Å². The summed E-state index contributed by atoms with van der Waals surface area (Å²) in [5.41, 5.74) is 1.50. The standard InChI is InChI=1S/C19H19BrFNO2/c20-16-8-6-14(7-9-16)13-24-18-5-2-10-22(12-18)19(23)15-3-1-4-17(21)11-15/h1,3-4,6-9,11,18H,2,5,10,12-13H2. The van der Waals surface area contributed by atoms with Crippen molar-refractivity contribution in [1.82, 2.24) is 4.90 Å². The summed E-state index contributed by atoms with van der Waals surface area (Å²) in [5.74, 6) is -0.521. The van der Waals surface area contributed by atoms with E-state index in [2.05, 4.69) is 15.9 Å². The van der Waals surface area contributed by atoms with Gasteiger partial charge in [0.15, 0.2) is 0 Å². The van der Waals surface area contributed by atoms with E-state index in [4.69, 9.17) is 4.74 Å². The molecule has 24 heavy (non-hydrogen) atoms. The molecule has 1 saturated heterocycles. The largest absolute Gasteiger partial charge is 0.372 e. The van der Waals surface area contributed by atoms with Crippen molar-refractivity contribution in [3.63, 3.8) is 0 Å². The fourth-order valence-corrected chi connectivity index (χ4v) is 3.12. The summed E-state index contributed by atoms with van der Waals surface area (Å²) < 4.78 is 20.3. The molecule has 1 unspecified atom stereocenters. The third-order valence-electron chi connectivity index (χ3n) is 4.14. The highest BCUT2D eigenvalue weighted by atomic mass is 79.9. The molecule has 0 saturated carbocycles. The van der Waals surface area contributed by atoms with Crippen molar-refractivity contribution in [2.75, 3.05) is 13.1 Å². The first kappa shape index (κ1) is 17.1. The maximum absolute atomic E-state index is 13.3. The summed E-state index contributed by atoms with van der Waals surface area (Å²) in [6.07, 6.45) is 1.84. The second-order valence-corrected chi connectivity index (χ2v) is 6.88. The minimum atomic E-state index is -0.388. The smallest absolute Gasteiger partial charge is 0.254 e. The first-order valence-corrected chi connectivity index (χ1v) is 8.82. The molecule has 0 aliphatic carbocycles. The molecule has 2 aromatic carbocycles. The van der Waals surface area contributed by atoms with Crippen LogP contribution in [0.15, 0.2) is 53.0 Å². The molecule has 1 aliphatic heterocycles. The van der Waals surface area contributed by atoms with E-state index in [-0.39, 0.29) is 17.8 Å². The summed E-state index contributed by atoms with van der Waals surface area (Å²) in [4.78, 5) is 14.3. The molecule has 3 rings (SSSR count). The predicted molar refractivity (Wildman–Crippen MR) is 94.3 cm³/mol. The van der Waals surface area contributed by atoms with Gasteiger partial charge in [0.05, 0.1) is 12.7 Å². The average Bonchev–Trinajstić information content (AvgIpc) is 2.61. The molecule has 126 valence electrons. The van der Waals surface area contributed by atoms with Gasteiger partial charge in [-0.1, -0.05) is 34.1 Å². The number of carbonyl (C=O) groups is 1. The van der Waals surface area contributed by atoms with Crippen LogP contribution in [0.5, 0.6) is 0 Å². The van der Waals surface area contributed by atoms with E-state index in [1.165, 1.54) is 12.1 Å². The van der Waals surface area contributed by atoms with Crippen LogP contribution < -0.4 is 0 Å². The Bertz CT molecular complexity index is 705. The molecule has 0 spiro atoms. The number of carbonyl (C=O) groups excluding carboxylic acids is 1. The molecular weight excluding hydrogens is 373 g/mol. The normalized spacial score (nSPS) is 17.8. The number of ether oxygens (including phenoxy) is 1. The van der Waals surface area contributed by atoms with Crippen molar-refractivity contribution in [3.05, 3.63) is 69.9 Å². The Morgan fingerprint density at radius 3 is 2.79 bits per heavy atom. The summed E-state index contributed by atoms with van der Waals surface area (Å²) >= 11 is 3.41. The fraction of sp³-hybridized carbons (Fsp3) is 0.316. The maximum atomic E-state index is 13.3. The molecule has 2 aromatic rings. The predicted octanol–water partition coefficient (Wildman–Crippen LogP) is 4.41. The molecule has 0 N–H and O–H groups in total. The Balaban J connectivity index is 1.57. The van der Waals surface area contributed by atoms with Crippen molar-refractivity contribution in [2.24, 2.45) is 0 Å². The number of rotatable bonds is 4. The number of benzene rings is 2. The van der Waals surface area contributed by atoms with Gasteiger partial charge in [0.25, 0.3) is 5.91 Å². The lowest BCUT2D eigenvalue weighted by atomic mass is 10.1. The van der Waals surface area contributed by atoms with Crippen LogP contribution in [-0.2, 0) is 11.3 Å². The molecule has 0 bridgehead atoms. The Labute approximate surface area is 149 Å². The zero-order valence-electron chi connectivity index (χ0n) is 13.3. The zero-order valence-corrected chi connectivity index (χ0v) is 14.8. The van der Waals surface area contributed by atoms with E-state index in [9.17, 15) is 9.18 Å². The van der Waals surface area contributed by atoms with Gasteiger partial charge in [-0.15, -0.1) is 0 Å². The highest BCUT2D eigenvalue weighted by Crippen LogP contribution is 2.18. The molecule has 1 atom stereocenters. The van der Waals surface area contributed by atoms with Crippen molar-refractivity contribution in [2.45, 2.75) is 25.6 Å². The van der Waals surface area contributed by atoms with Crippen LogP contribution in [0, 0.1) is 5.82 Å². The maximum Gasteiger partial charge on any atom is 0.254 e. The summed E-state index contributed by atoms with van der Waals surface area (Å²) in [6, 6.07) is 13.8. The highest BCUT2D eigenvalue weighted by molar-refractivity contribution is 9.10. The van der Waals surface area contributed by atoms with Crippen molar-refractivity contribution in [3.8, 4) is 0 Å². The van der Waals surface area contributed by atoms with Crippen LogP contribution in [0.2, 0.25) is 0 Å². The van der Waals surface area contributed by atoms with E-state index in [1.54, 1.807) is 17.0 Å². The lowest BCUT2D eigenvalue weighted by molar-refractivity contribution is -0.00674. The summed E-state index contributed by atoms with van der Waals surface area (Å²) in [7, 11) is 0. The average molecular weight is 392 g/mol. The SMILES string of the molecule is O=C(c1cccc(F)c1)N1CCCC(OCc2ccc(Br)cc2)C1. The quantitative estimate of drug-likeness (QED) is 0.772. The third-order valence-corrected chi connectivity index (χ3v) is 4.66. The summed E-state index contributed by atoms with van der Waals surface area (Å²) in [6.45, 7) is 1.76. The number of halogens is 2. The lowest BCUT2D eigenvalue weighted by Crippen LogP contribution is -2.43. The number of hydrogen-bond donors (Lipinski definition) is 0. The Hall–Kier alpha value is -1.72. The first-order valence-electron chi connectivity index (χ1n) is 8.03. The van der Waals surface area contributed by atoms with Crippen LogP contribution in [0.3, 0.4) is 0 Å². The number of amides is 1. The van der Waals surface area contributed by atoms with Gasteiger partial charge in [-0.3, -0.25) is 4.79 Å². The molecule has 1 aliphatic rings. The van der Waals surface area contributed by atoms with Crippen molar-refractivity contribution >= 4 is 21.8 Å². The number of likely N-dealkylation sites (tertiary alicyclic amines) is 1. The van der Waals surface area contributed by atoms with Gasteiger partial charge in [0.1, 0.15) is 5.82 Å². The Morgan fingerprint density at radius 2 is 2.04 bits per heavy atom. The van der Waals surface area contributed by atoms with Crippen molar-refractivity contribution < 1.29 is 13.9 Å². The minimum Gasteiger partial charge on any atom is -0.372 e. The van der Waals surface area contributed by atoms with Crippen LogP contribution in [0.25, 0.3) is 0 Å². The molecule has 1 amide bonds. The van der Waals surface area contributed by atoms with E-state index in [0.717, 1.165) is 22.9 Å². The molecule has 0 aromatic heterocycles. The molecule has 1 heterocycles. The van der Waals surface area contributed by atoms with Gasteiger partial charge < -0.3 is 9.64 Å². The van der Waals surface area contributed by atoms with E-state index in [1.807, 2.05) is 24.3 Å². The second-order valence-electron chi connectivity index (χ2n) is 5.96. The highest BCUT2D eigenvalue weighted by Gasteiger charge is 2.25. The fourth-order valence-electron chi connectivity index (χ4n) is 2.86. The van der Waals surface area contributed by atoms with Crippen molar-refractivity contribution in [1.29, 1.82) is 0 Å². The van der Waals surface area contributed by atoms with E-state index in [0.29, 0.717) is 25.3 Å². The topological polar surface area (TPSA) is 29.5 Å². The summed E-state index contributed by atoms with van der Waals surface area (Å²) in [5, 5.41) is 0. The van der Waals surface area contributed by atoms with E-state index < -0.39 is 0 Å². The Kier molecular flexibility index (Phi) is 5.63. The van der Waals surface area contributed by atoms with Gasteiger partial charge in [-0.25, -0.2) is 4.39 Å². The second kappa shape index (κ2) is 7.90. The van der Waals surface area contributed by atoms with Crippen LogP contribution in [-0.4, -0.2) is 30.0 Å². The van der Waals surface area contributed by atoms with Gasteiger partial charge in [-0.2, -0.15) is 0 Å². The number of piperidine rings is 1. The van der Waals surface area contributed by atoms with Gasteiger partial charge in [0, 0.05) is 23.1 Å². The molecule has 5 heteroatoms. The third kappa shape index (κ3) is 4.42. The van der Waals surface area contributed by atoms with Gasteiger partial charge in [0.2, 0.25) is 0 Å². The van der Waals surface area contributed by atoms with Gasteiger partial charge >= 0.3 is 0 Å².